The zero-order chi connectivity index (χ0) is 8.77. The van der Waals surface area contributed by atoms with Gasteiger partial charge in [-0.05, 0) is 19.3 Å². The fourth-order valence-corrected chi connectivity index (χ4v) is 2.18. The second kappa shape index (κ2) is 2.21. The molecule has 2 aliphatic rings. The summed E-state index contributed by atoms with van der Waals surface area (Å²) in [4.78, 5) is 22.0. The van der Waals surface area contributed by atoms with Gasteiger partial charge in [0.15, 0.2) is 0 Å². The molecule has 1 aliphatic heterocycles. The lowest BCUT2D eigenvalue weighted by atomic mass is 9.83. The number of amides is 1. The first kappa shape index (κ1) is 7.58. The number of nitrogens with one attached hydrogen (secondary N) is 1. The quantitative estimate of drug-likeness (QED) is 0.580. The third kappa shape index (κ3) is 0.838. The lowest BCUT2D eigenvalue weighted by Crippen LogP contribution is -2.47. The summed E-state index contributed by atoms with van der Waals surface area (Å²) in [7, 11) is 0. The number of fused-ring (bicyclic) bond motifs is 2. The van der Waals surface area contributed by atoms with Crippen molar-refractivity contribution in [2.24, 2.45) is 11.3 Å². The highest BCUT2D eigenvalue weighted by atomic mass is 16.4. The van der Waals surface area contributed by atoms with Crippen molar-refractivity contribution in [2.45, 2.75) is 19.3 Å². The van der Waals surface area contributed by atoms with Crippen LogP contribution in [0.1, 0.15) is 19.3 Å². The van der Waals surface area contributed by atoms with Crippen LogP contribution in [0.5, 0.6) is 0 Å². The van der Waals surface area contributed by atoms with Crippen LogP contribution in [0.4, 0.5) is 0 Å². The first-order valence-electron chi connectivity index (χ1n) is 4.15. The molecule has 66 valence electrons. The molecular weight excluding hydrogens is 158 g/mol. The molecule has 12 heavy (non-hydrogen) atoms. The summed E-state index contributed by atoms with van der Waals surface area (Å²) in [6.07, 6.45) is 1.91. The molecule has 2 bridgehead atoms. The van der Waals surface area contributed by atoms with Gasteiger partial charge in [-0.2, -0.15) is 0 Å². The van der Waals surface area contributed by atoms with Gasteiger partial charge < -0.3 is 10.4 Å². The van der Waals surface area contributed by atoms with Gasteiger partial charge in [-0.1, -0.05) is 0 Å². The number of rotatable bonds is 1. The Bertz CT molecular complexity index is 251. The Morgan fingerprint density at radius 3 is 3.08 bits per heavy atom. The first-order chi connectivity index (χ1) is 5.64. The Hall–Kier alpha value is -1.06. The Labute approximate surface area is 69.9 Å². The Balaban J connectivity index is 2.24. The number of carbonyl (C=O) groups is 2. The molecule has 0 radical (unpaired) electrons. The summed E-state index contributed by atoms with van der Waals surface area (Å²) >= 11 is 0. The van der Waals surface area contributed by atoms with E-state index in [1.54, 1.807) is 0 Å². The lowest BCUT2D eigenvalue weighted by Gasteiger charge is -2.28. The van der Waals surface area contributed by atoms with Crippen LogP contribution in [-0.4, -0.2) is 23.5 Å². The van der Waals surface area contributed by atoms with Crippen LogP contribution in [0.15, 0.2) is 0 Å². The molecular formula is C8H11NO3. The molecule has 4 heteroatoms. The summed E-state index contributed by atoms with van der Waals surface area (Å²) in [6, 6.07) is 0. The monoisotopic (exact) mass is 169 g/mol. The SMILES string of the molecule is O=C1NCC2(C(=O)O)CCC1C2. The molecule has 0 aromatic rings. The standard InChI is InChI=1S/C8H11NO3/c10-6-5-1-2-8(3-5,4-9-6)7(11)12/h5H,1-4H2,(H,9,10)(H,11,12). The molecule has 1 heterocycles. The highest BCUT2D eigenvalue weighted by molar-refractivity contribution is 5.85. The molecule has 1 aliphatic carbocycles. The number of carboxylic acids is 1. The minimum absolute atomic E-state index is 0.0318. The van der Waals surface area contributed by atoms with E-state index in [2.05, 4.69) is 5.32 Å². The van der Waals surface area contributed by atoms with Crippen molar-refractivity contribution < 1.29 is 14.7 Å². The van der Waals surface area contributed by atoms with E-state index in [4.69, 9.17) is 5.11 Å². The van der Waals surface area contributed by atoms with Crippen LogP contribution < -0.4 is 5.32 Å². The fraction of sp³-hybridized carbons (Fsp3) is 0.750. The fourth-order valence-electron chi connectivity index (χ4n) is 2.18. The van der Waals surface area contributed by atoms with Crippen molar-refractivity contribution >= 4 is 11.9 Å². The summed E-state index contributed by atoms with van der Waals surface area (Å²) in [5.41, 5.74) is -0.640. The van der Waals surface area contributed by atoms with Crippen LogP contribution in [0, 0.1) is 11.3 Å². The number of aliphatic carboxylic acids is 1. The van der Waals surface area contributed by atoms with Gasteiger partial charge >= 0.3 is 5.97 Å². The van der Waals surface area contributed by atoms with Crippen molar-refractivity contribution in [2.75, 3.05) is 6.54 Å². The number of piperidine rings is 1. The summed E-state index contributed by atoms with van der Waals surface area (Å²) < 4.78 is 0. The van der Waals surface area contributed by atoms with Gasteiger partial charge in [0, 0.05) is 12.5 Å². The molecule has 0 aromatic heterocycles. The second-order valence-corrected chi connectivity index (χ2v) is 3.74. The van der Waals surface area contributed by atoms with Crippen molar-refractivity contribution in [3.63, 3.8) is 0 Å². The molecule has 1 saturated heterocycles. The number of hydrogen-bond acceptors (Lipinski definition) is 2. The maximum absolute atomic E-state index is 11.1. The van der Waals surface area contributed by atoms with Crippen LogP contribution in [0.25, 0.3) is 0 Å². The van der Waals surface area contributed by atoms with E-state index in [-0.39, 0.29) is 11.8 Å². The predicted molar refractivity (Wildman–Crippen MR) is 40.4 cm³/mol. The maximum atomic E-state index is 11.1. The molecule has 0 spiro atoms. The van der Waals surface area contributed by atoms with E-state index in [1.807, 2.05) is 0 Å². The summed E-state index contributed by atoms with van der Waals surface area (Å²) in [5, 5.41) is 11.6. The summed E-state index contributed by atoms with van der Waals surface area (Å²) in [6.45, 7) is 0.317. The minimum atomic E-state index is -0.759. The van der Waals surface area contributed by atoms with Crippen LogP contribution in [-0.2, 0) is 9.59 Å². The van der Waals surface area contributed by atoms with Gasteiger partial charge in [-0.25, -0.2) is 0 Å². The third-order valence-corrected chi connectivity index (χ3v) is 3.03. The smallest absolute Gasteiger partial charge is 0.311 e. The van der Waals surface area contributed by atoms with Crippen LogP contribution in [0.2, 0.25) is 0 Å². The molecule has 4 nitrogen and oxygen atoms in total. The summed E-state index contributed by atoms with van der Waals surface area (Å²) in [5.74, 6) is -0.774. The van der Waals surface area contributed by atoms with E-state index >= 15 is 0 Å². The van der Waals surface area contributed by atoms with Crippen molar-refractivity contribution in [3.8, 4) is 0 Å². The van der Waals surface area contributed by atoms with Crippen LogP contribution >= 0.6 is 0 Å². The predicted octanol–water partition coefficient (Wildman–Crippen LogP) is -0.0127. The number of hydrogen-bond donors (Lipinski definition) is 2. The van der Waals surface area contributed by atoms with E-state index in [1.165, 1.54) is 0 Å². The normalized spacial score (nSPS) is 39.3. The van der Waals surface area contributed by atoms with E-state index < -0.39 is 11.4 Å². The maximum Gasteiger partial charge on any atom is 0.311 e. The van der Waals surface area contributed by atoms with Gasteiger partial charge in [0.2, 0.25) is 5.91 Å². The van der Waals surface area contributed by atoms with E-state index in [0.717, 1.165) is 6.42 Å². The third-order valence-electron chi connectivity index (χ3n) is 3.03. The molecule has 1 amide bonds. The lowest BCUT2D eigenvalue weighted by molar-refractivity contribution is -0.150. The van der Waals surface area contributed by atoms with Gasteiger partial charge in [0.1, 0.15) is 0 Å². The van der Waals surface area contributed by atoms with Gasteiger partial charge in [0.25, 0.3) is 0 Å². The zero-order valence-corrected chi connectivity index (χ0v) is 6.67. The van der Waals surface area contributed by atoms with Crippen molar-refractivity contribution in [3.05, 3.63) is 0 Å². The van der Waals surface area contributed by atoms with Gasteiger partial charge in [-0.15, -0.1) is 0 Å². The Morgan fingerprint density at radius 2 is 2.42 bits per heavy atom. The van der Waals surface area contributed by atoms with Crippen LogP contribution in [0.3, 0.4) is 0 Å². The van der Waals surface area contributed by atoms with Crippen molar-refractivity contribution in [1.29, 1.82) is 0 Å². The highest BCUT2D eigenvalue weighted by Gasteiger charge is 2.50. The zero-order valence-electron chi connectivity index (χ0n) is 6.67. The molecule has 2 atom stereocenters. The number of carbonyl (C=O) groups excluding carboxylic acids is 1. The highest BCUT2D eigenvalue weighted by Crippen LogP contribution is 2.44. The molecule has 0 aromatic carbocycles. The molecule has 2 N–H and O–H groups in total. The topological polar surface area (TPSA) is 66.4 Å². The molecule has 2 fully saturated rings. The molecule has 1 saturated carbocycles. The van der Waals surface area contributed by atoms with Gasteiger partial charge in [-0.3, -0.25) is 9.59 Å². The average molecular weight is 169 g/mol. The van der Waals surface area contributed by atoms with E-state index in [9.17, 15) is 9.59 Å². The Kier molecular flexibility index (Phi) is 1.40. The van der Waals surface area contributed by atoms with Crippen molar-refractivity contribution in [1.82, 2.24) is 5.32 Å². The molecule has 2 rings (SSSR count). The minimum Gasteiger partial charge on any atom is -0.481 e. The second-order valence-electron chi connectivity index (χ2n) is 3.74. The Morgan fingerprint density at radius 1 is 1.67 bits per heavy atom. The van der Waals surface area contributed by atoms with E-state index in [0.29, 0.717) is 19.4 Å². The largest absolute Gasteiger partial charge is 0.481 e. The number of carboxylic acid groups (broad SMARTS) is 1. The molecule has 2 unspecified atom stereocenters. The van der Waals surface area contributed by atoms with Gasteiger partial charge in [0.05, 0.1) is 5.41 Å². The average Bonchev–Trinajstić information content (AvgIpc) is 2.40. The first-order valence-corrected chi connectivity index (χ1v) is 4.15.